The van der Waals surface area contributed by atoms with Gasteiger partial charge in [0.05, 0.1) is 6.61 Å². The second kappa shape index (κ2) is 9.23. The molecule has 8 heteroatoms. The van der Waals surface area contributed by atoms with Gasteiger partial charge >= 0.3 is 0 Å². The van der Waals surface area contributed by atoms with Crippen molar-refractivity contribution in [2.75, 3.05) is 6.61 Å². The lowest BCUT2D eigenvalue weighted by Crippen LogP contribution is -2.01. The summed E-state index contributed by atoms with van der Waals surface area (Å²) in [6.07, 6.45) is 1.30. The van der Waals surface area contributed by atoms with Crippen LogP contribution in [-0.2, 0) is 16.6 Å². The minimum Gasteiger partial charge on any atom is -0.490 e. The molecule has 3 aromatic rings. The molecule has 146 valence electrons. The van der Waals surface area contributed by atoms with Crippen molar-refractivity contribution in [2.24, 2.45) is 4.40 Å². The summed E-state index contributed by atoms with van der Waals surface area (Å²) < 4.78 is 39.8. The van der Waals surface area contributed by atoms with E-state index >= 15 is 0 Å². The third-order valence-electron chi connectivity index (χ3n) is 3.70. The van der Waals surface area contributed by atoms with Crippen LogP contribution in [0.4, 0.5) is 0 Å². The number of nitrogens with zero attached hydrogens (tertiary/aromatic N) is 1. The molecule has 28 heavy (non-hydrogen) atoms. The maximum absolute atomic E-state index is 12.2. The quantitative estimate of drug-likeness (QED) is 0.457. The fourth-order valence-corrected chi connectivity index (χ4v) is 4.39. The number of halogens is 1. The smallest absolute Gasteiger partial charge is 0.291 e. The summed E-state index contributed by atoms with van der Waals surface area (Å²) in [7, 11) is -3.70. The van der Waals surface area contributed by atoms with Gasteiger partial charge in [-0.15, -0.1) is 11.3 Å². The number of sulfonamides is 1. The van der Waals surface area contributed by atoms with E-state index in [1.807, 2.05) is 25.1 Å². The topological polar surface area (TPSA) is 65.0 Å². The van der Waals surface area contributed by atoms with Crippen LogP contribution in [0.25, 0.3) is 0 Å². The maximum Gasteiger partial charge on any atom is 0.291 e. The van der Waals surface area contributed by atoms with Gasteiger partial charge in [-0.25, -0.2) is 0 Å². The average Bonchev–Trinajstić information content (AvgIpc) is 3.23. The second-order valence-corrected chi connectivity index (χ2v) is 8.88. The molecule has 0 saturated heterocycles. The first-order chi connectivity index (χ1) is 13.5. The predicted molar refractivity (Wildman–Crippen MR) is 112 cm³/mol. The summed E-state index contributed by atoms with van der Waals surface area (Å²) in [6.45, 7) is 2.59. The lowest BCUT2D eigenvalue weighted by atomic mass is 10.2. The first-order valence-electron chi connectivity index (χ1n) is 8.46. The molecule has 0 aliphatic rings. The predicted octanol–water partition coefficient (Wildman–Crippen LogP) is 5.19. The highest BCUT2D eigenvalue weighted by molar-refractivity contribution is 7.92. The Hall–Kier alpha value is -2.35. The number of rotatable bonds is 8. The van der Waals surface area contributed by atoms with Crippen molar-refractivity contribution < 1.29 is 17.9 Å². The van der Waals surface area contributed by atoms with E-state index in [2.05, 4.69) is 4.40 Å². The van der Waals surface area contributed by atoms with Gasteiger partial charge in [-0.1, -0.05) is 35.9 Å². The first-order valence-corrected chi connectivity index (χ1v) is 11.2. The first kappa shape index (κ1) is 20.4. The lowest BCUT2D eigenvalue weighted by Gasteiger charge is -2.13. The fraction of sp³-hybridized carbons (Fsp3) is 0.150. The molecule has 2 aromatic carbocycles. The van der Waals surface area contributed by atoms with Crippen LogP contribution in [0.3, 0.4) is 0 Å². The fourth-order valence-electron chi connectivity index (χ4n) is 2.36. The molecule has 0 radical (unpaired) electrons. The molecule has 0 N–H and O–H groups in total. The largest absolute Gasteiger partial charge is 0.490 e. The van der Waals surface area contributed by atoms with Gasteiger partial charge in [0.15, 0.2) is 11.5 Å². The van der Waals surface area contributed by atoms with Gasteiger partial charge in [0.25, 0.3) is 10.0 Å². The lowest BCUT2D eigenvalue weighted by molar-refractivity contribution is 0.269. The van der Waals surface area contributed by atoms with Gasteiger partial charge in [0, 0.05) is 16.8 Å². The number of benzene rings is 2. The van der Waals surface area contributed by atoms with Crippen LogP contribution < -0.4 is 9.47 Å². The molecule has 0 fully saturated rings. The van der Waals surface area contributed by atoms with Gasteiger partial charge in [0.1, 0.15) is 10.8 Å². The van der Waals surface area contributed by atoms with Crippen LogP contribution in [-0.4, -0.2) is 21.2 Å². The highest BCUT2D eigenvalue weighted by Crippen LogP contribution is 2.30. The Bertz CT molecular complexity index is 1060. The van der Waals surface area contributed by atoms with Crippen molar-refractivity contribution in [1.82, 2.24) is 0 Å². The van der Waals surface area contributed by atoms with Crippen LogP contribution in [0, 0.1) is 0 Å². The Kier molecular flexibility index (Phi) is 6.72. The van der Waals surface area contributed by atoms with E-state index in [0.29, 0.717) is 35.3 Å². The summed E-state index contributed by atoms with van der Waals surface area (Å²) in [5.74, 6) is 1.05. The number of ether oxygens (including phenoxy) is 2. The van der Waals surface area contributed by atoms with Gasteiger partial charge in [-0.3, -0.25) is 0 Å². The summed E-state index contributed by atoms with van der Waals surface area (Å²) >= 11 is 7.29. The van der Waals surface area contributed by atoms with Crippen molar-refractivity contribution in [3.8, 4) is 11.5 Å². The van der Waals surface area contributed by atoms with Crippen LogP contribution in [0.2, 0.25) is 5.02 Å². The van der Waals surface area contributed by atoms with Crippen molar-refractivity contribution in [3.63, 3.8) is 0 Å². The van der Waals surface area contributed by atoms with Crippen LogP contribution >= 0.6 is 22.9 Å². The molecule has 0 bridgehead atoms. The molecule has 0 spiro atoms. The van der Waals surface area contributed by atoms with Crippen molar-refractivity contribution >= 4 is 39.2 Å². The SMILES string of the molecule is CCOc1cc(/C=N\S(=O)(=O)c2cccs2)ccc1OCc1ccccc1Cl. The molecule has 1 heterocycles. The molecular formula is C20H18ClNO4S2. The van der Waals surface area contributed by atoms with Gasteiger partial charge in [0.2, 0.25) is 0 Å². The Morgan fingerprint density at radius 3 is 2.61 bits per heavy atom. The van der Waals surface area contributed by atoms with Crippen LogP contribution in [0.15, 0.2) is 68.6 Å². The zero-order chi connectivity index (χ0) is 20.0. The Labute approximate surface area is 173 Å². The molecule has 0 aliphatic heterocycles. The monoisotopic (exact) mass is 435 g/mol. The molecule has 0 aliphatic carbocycles. The molecule has 5 nitrogen and oxygen atoms in total. The molecular weight excluding hydrogens is 418 g/mol. The summed E-state index contributed by atoms with van der Waals surface area (Å²) in [5.41, 5.74) is 1.45. The van der Waals surface area contributed by atoms with E-state index < -0.39 is 10.0 Å². The normalized spacial score (nSPS) is 11.6. The van der Waals surface area contributed by atoms with Gasteiger partial charge < -0.3 is 9.47 Å². The summed E-state index contributed by atoms with van der Waals surface area (Å²) in [6, 6.07) is 15.8. The van der Waals surface area contributed by atoms with E-state index in [-0.39, 0.29) is 4.21 Å². The van der Waals surface area contributed by atoms with Crippen LogP contribution in [0.5, 0.6) is 11.5 Å². The summed E-state index contributed by atoms with van der Waals surface area (Å²) in [4.78, 5) is 0. The van der Waals surface area contributed by atoms with Crippen molar-refractivity contribution in [1.29, 1.82) is 0 Å². The standard InChI is InChI=1S/C20H18ClNO4S2/c1-2-25-19-12-15(13-22-28(23,24)20-8-5-11-27-20)9-10-18(19)26-14-16-6-3-4-7-17(16)21/h3-13H,2,14H2,1H3/b22-13-. The van der Waals surface area contributed by atoms with Gasteiger partial charge in [-0.2, -0.15) is 12.8 Å². The van der Waals surface area contributed by atoms with E-state index in [1.165, 1.54) is 12.3 Å². The van der Waals surface area contributed by atoms with E-state index in [0.717, 1.165) is 16.9 Å². The molecule has 0 saturated carbocycles. The third kappa shape index (κ3) is 5.13. The maximum atomic E-state index is 12.2. The van der Waals surface area contributed by atoms with E-state index in [9.17, 15) is 8.42 Å². The average molecular weight is 436 g/mol. The van der Waals surface area contributed by atoms with Crippen molar-refractivity contribution in [2.45, 2.75) is 17.7 Å². The number of thiophene rings is 1. The zero-order valence-electron chi connectivity index (χ0n) is 15.0. The Morgan fingerprint density at radius 1 is 1.07 bits per heavy atom. The van der Waals surface area contributed by atoms with Crippen LogP contribution in [0.1, 0.15) is 18.1 Å². The van der Waals surface area contributed by atoms with E-state index in [4.69, 9.17) is 21.1 Å². The number of hydrogen-bond donors (Lipinski definition) is 0. The highest BCUT2D eigenvalue weighted by atomic mass is 35.5. The minimum absolute atomic E-state index is 0.202. The molecule has 0 unspecified atom stereocenters. The van der Waals surface area contributed by atoms with Crippen molar-refractivity contribution in [3.05, 3.63) is 76.1 Å². The third-order valence-corrected chi connectivity index (χ3v) is 6.68. The Morgan fingerprint density at radius 2 is 1.89 bits per heavy atom. The second-order valence-electron chi connectivity index (χ2n) is 5.66. The molecule has 0 amide bonds. The molecule has 1 aromatic heterocycles. The Balaban J connectivity index is 1.79. The minimum atomic E-state index is -3.70. The highest BCUT2D eigenvalue weighted by Gasteiger charge is 2.13. The zero-order valence-corrected chi connectivity index (χ0v) is 17.4. The molecule has 3 rings (SSSR count). The molecule has 0 atom stereocenters. The van der Waals surface area contributed by atoms with Gasteiger partial charge in [-0.05, 0) is 48.2 Å². The summed E-state index contributed by atoms with van der Waals surface area (Å²) in [5, 5.41) is 2.32. The van der Waals surface area contributed by atoms with E-state index in [1.54, 1.807) is 35.7 Å². The number of hydrogen-bond acceptors (Lipinski definition) is 5.